The van der Waals surface area contributed by atoms with Gasteiger partial charge in [0, 0.05) is 13.0 Å². The molecule has 0 aliphatic carbocycles. The van der Waals surface area contributed by atoms with Crippen LogP contribution in [0.3, 0.4) is 0 Å². The lowest BCUT2D eigenvalue weighted by molar-refractivity contribution is -0.154. The molecule has 0 aromatic rings. The number of esters is 1. The number of hydrogen-bond acceptors (Lipinski definition) is 8. The quantitative estimate of drug-likeness (QED) is 0.0249. The molecule has 0 aliphatic heterocycles. The first-order valence-corrected chi connectivity index (χ1v) is 20.4. The van der Waals surface area contributed by atoms with Gasteiger partial charge in [0.25, 0.3) is 0 Å². The van der Waals surface area contributed by atoms with E-state index in [0.29, 0.717) is 13.0 Å². The van der Waals surface area contributed by atoms with Gasteiger partial charge in [0.2, 0.25) is 0 Å². The van der Waals surface area contributed by atoms with Crippen molar-refractivity contribution in [2.75, 3.05) is 26.4 Å². The Labute approximate surface area is 292 Å². The molecule has 0 aliphatic rings. The Bertz CT molecular complexity index is 868. The molecular weight excluding hydrogens is 633 g/mol. The summed E-state index contributed by atoms with van der Waals surface area (Å²) in [5, 5.41) is 8.85. The highest BCUT2D eigenvalue weighted by atomic mass is 31.2. The lowest BCUT2D eigenvalue weighted by atomic mass is 10.1. The summed E-state index contributed by atoms with van der Waals surface area (Å²) in [5.41, 5.74) is 5.33. The van der Waals surface area contributed by atoms with Crippen molar-refractivity contribution in [1.82, 2.24) is 0 Å². The van der Waals surface area contributed by atoms with Crippen molar-refractivity contribution in [2.45, 2.75) is 174 Å². The predicted molar refractivity (Wildman–Crippen MR) is 194 cm³/mol. The van der Waals surface area contributed by atoms with Gasteiger partial charge in [-0.05, 0) is 57.8 Å². The minimum absolute atomic E-state index is 0.0109. The number of carbonyl (C=O) groups is 2. The number of carboxylic acids is 1. The summed E-state index contributed by atoms with van der Waals surface area (Å²) in [4.78, 5) is 33.3. The third-order valence-corrected chi connectivity index (χ3v) is 8.90. The zero-order valence-electron chi connectivity index (χ0n) is 30.3. The van der Waals surface area contributed by atoms with Gasteiger partial charge in [-0.1, -0.05) is 122 Å². The molecule has 10 nitrogen and oxygen atoms in total. The lowest BCUT2D eigenvalue weighted by Gasteiger charge is -2.20. The van der Waals surface area contributed by atoms with Crippen LogP contribution in [-0.4, -0.2) is 60.5 Å². The van der Waals surface area contributed by atoms with Crippen molar-refractivity contribution >= 4 is 19.8 Å². The van der Waals surface area contributed by atoms with E-state index in [1.54, 1.807) is 0 Å². The van der Waals surface area contributed by atoms with Crippen LogP contribution in [0.15, 0.2) is 24.3 Å². The van der Waals surface area contributed by atoms with Crippen LogP contribution in [0.4, 0.5) is 0 Å². The third-order valence-electron chi connectivity index (χ3n) is 7.95. The summed E-state index contributed by atoms with van der Waals surface area (Å²) in [5.74, 6) is -1.79. The van der Waals surface area contributed by atoms with Crippen LogP contribution in [0.25, 0.3) is 0 Å². The third kappa shape index (κ3) is 33.0. The number of phosphoric acid groups is 1. The Hall–Kier alpha value is -1.55. The van der Waals surface area contributed by atoms with Gasteiger partial charge < -0.3 is 25.2 Å². The largest absolute Gasteiger partial charge is 0.480 e. The Morgan fingerprint density at radius 3 is 1.65 bits per heavy atom. The summed E-state index contributed by atoms with van der Waals surface area (Å²) >= 11 is 0. The van der Waals surface area contributed by atoms with E-state index in [-0.39, 0.29) is 13.0 Å². The van der Waals surface area contributed by atoms with Gasteiger partial charge in [-0.3, -0.25) is 18.6 Å². The zero-order chi connectivity index (χ0) is 35.6. The topological polar surface area (TPSA) is 155 Å². The molecule has 48 heavy (non-hydrogen) atoms. The molecule has 0 aromatic carbocycles. The monoisotopic (exact) mass is 703 g/mol. The van der Waals surface area contributed by atoms with Crippen LogP contribution < -0.4 is 5.73 Å². The molecule has 0 bridgehead atoms. The lowest BCUT2D eigenvalue weighted by Crippen LogP contribution is -2.34. The van der Waals surface area contributed by atoms with Gasteiger partial charge in [-0.2, -0.15) is 0 Å². The number of unbranched alkanes of at least 4 members (excludes halogenated alkanes) is 18. The fourth-order valence-corrected chi connectivity index (χ4v) is 5.71. The standard InChI is InChI=1S/C37H70NO9P/c1-3-5-7-9-11-13-15-17-18-19-21-23-25-27-29-36(39)47-34(32-45-48(42,43)46-33-35(38)37(40)41)31-44-30-28-26-24-22-20-16-14-12-10-8-6-4-2/h10,12,15,17,34-35H,3-9,11,13-14,16,18-33,38H2,1-2H3,(H,40,41)(H,42,43)/b12-10-,17-15-. The van der Waals surface area contributed by atoms with Crippen molar-refractivity contribution in [2.24, 2.45) is 5.73 Å². The van der Waals surface area contributed by atoms with Crippen molar-refractivity contribution in [3.8, 4) is 0 Å². The minimum atomic E-state index is -4.61. The molecule has 3 unspecified atom stereocenters. The number of phosphoric ester groups is 1. The smallest absolute Gasteiger partial charge is 0.472 e. The Morgan fingerprint density at radius 2 is 1.10 bits per heavy atom. The first-order valence-electron chi connectivity index (χ1n) is 18.9. The summed E-state index contributed by atoms with van der Waals surface area (Å²) in [6.07, 6.45) is 33.7. The van der Waals surface area contributed by atoms with Gasteiger partial charge in [0.1, 0.15) is 12.1 Å². The van der Waals surface area contributed by atoms with Crippen molar-refractivity contribution < 1.29 is 42.7 Å². The first kappa shape index (κ1) is 46.5. The van der Waals surface area contributed by atoms with E-state index >= 15 is 0 Å². The van der Waals surface area contributed by atoms with Gasteiger partial charge in [0.05, 0.1) is 19.8 Å². The Morgan fingerprint density at radius 1 is 0.646 bits per heavy atom. The second kappa shape index (κ2) is 33.9. The molecule has 0 rings (SSSR count). The van der Waals surface area contributed by atoms with Crippen LogP contribution in [0.1, 0.15) is 162 Å². The van der Waals surface area contributed by atoms with Crippen molar-refractivity contribution in [1.29, 1.82) is 0 Å². The van der Waals surface area contributed by atoms with Crippen LogP contribution in [0, 0.1) is 0 Å². The van der Waals surface area contributed by atoms with Crippen LogP contribution in [-0.2, 0) is 32.7 Å². The first-order chi connectivity index (χ1) is 23.2. The minimum Gasteiger partial charge on any atom is -0.480 e. The van der Waals surface area contributed by atoms with Crippen molar-refractivity contribution in [3.05, 3.63) is 24.3 Å². The van der Waals surface area contributed by atoms with E-state index in [9.17, 15) is 19.0 Å². The van der Waals surface area contributed by atoms with E-state index in [2.05, 4.69) is 42.7 Å². The van der Waals surface area contributed by atoms with Gasteiger partial charge in [-0.25, -0.2) is 4.57 Å². The molecule has 11 heteroatoms. The number of ether oxygens (including phenoxy) is 2. The number of carbonyl (C=O) groups excluding carboxylic acids is 1. The van der Waals surface area contributed by atoms with E-state index < -0.39 is 45.1 Å². The van der Waals surface area contributed by atoms with E-state index in [4.69, 9.17) is 24.8 Å². The highest BCUT2D eigenvalue weighted by Crippen LogP contribution is 2.43. The van der Waals surface area contributed by atoms with Gasteiger partial charge >= 0.3 is 19.8 Å². The molecule has 0 saturated heterocycles. The molecule has 0 spiro atoms. The van der Waals surface area contributed by atoms with Gasteiger partial charge in [0.15, 0.2) is 0 Å². The maximum absolute atomic E-state index is 12.5. The zero-order valence-corrected chi connectivity index (χ0v) is 31.2. The number of hydrogen-bond donors (Lipinski definition) is 3. The number of allylic oxidation sites excluding steroid dienone is 4. The summed E-state index contributed by atoms with van der Waals surface area (Å²) < 4.78 is 33.2. The molecule has 0 fully saturated rings. The Balaban J connectivity index is 4.33. The summed E-state index contributed by atoms with van der Waals surface area (Å²) in [7, 11) is -4.61. The normalized spacial score (nSPS) is 14.4. The number of rotatable bonds is 36. The number of nitrogens with two attached hydrogens (primary N) is 1. The molecular formula is C37H70NO9P. The fraction of sp³-hybridized carbons (Fsp3) is 0.838. The molecule has 0 saturated carbocycles. The maximum Gasteiger partial charge on any atom is 0.472 e. The SMILES string of the molecule is CCCC/C=C\CCCCCCCCOCC(COP(=O)(O)OCC(N)C(=O)O)OC(=O)CCCCCCC/C=C\CCCCCCC. The van der Waals surface area contributed by atoms with Gasteiger partial charge in [-0.15, -0.1) is 0 Å². The molecule has 4 N–H and O–H groups in total. The number of aliphatic carboxylic acids is 1. The highest BCUT2D eigenvalue weighted by molar-refractivity contribution is 7.47. The van der Waals surface area contributed by atoms with E-state index in [1.807, 2.05) is 0 Å². The molecule has 0 radical (unpaired) electrons. The molecule has 0 heterocycles. The van der Waals surface area contributed by atoms with E-state index in [1.165, 1.54) is 77.0 Å². The highest BCUT2D eigenvalue weighted by Gasteiger charge is 2.27. The summed E-state index contributed by atoms with van der Waals surface area (Å²) in [6, 6.07) is -1.47. The fourth-order valence-electron chi connectivity index (χ4n) is 4.93. The summed E-state index contributed by atoms with van der Waals surface area (Å²) in [6.45, 7) is 3.80. The number of carboxylic acid groups (broad SMARTS) is 1. The van der Waals surface area contributed by atoms with E-state index in [0.717, 1.165) is 57.8 Å². The van der Waals surface area contributed by atoms with Crippen LogP contribution >= 0.6 is 7.82 Å². The predicted octanol–water partition coefficient (Wildman–Crippen LogP) is 9.58. The Kier molecular flexibility index (Phi) is 32.8. The second-order valence-corrected chi connectivity index (χ2v) is 14.1. The average Bonchev–Trinajstić information content (AvgIpc) is 3.06. The maximum atomic E-state index is 12.5. The van der Waals surface area contributed by atoms with Crippen LogP contribution in [0.2, 0.25) is 0 Å². The molecule has 282 valence electrons. The molecule has 3 atom stereocenters. The molecule has 0 amide bonds. The van der Waals surface area contributed by atoms with Crippen molar-refractivity contribution in [3.63, 3.8) is 0 Å². The average molecular weight is 704 g/mol. The molecule has 0 aromatic heterocycles. The van der Waals surface area contributed by atoms with Crippen LogP contribution in [0.5, 0.6) is 0 Å². The second-order valence-electron chi connectivity index (χ2n) is 12.7.